The van der Waals surface area contributed by atoms with Gasteiger partial charge < -0.3 is 10.1 Å². The van der Waals surface area contributed by atoms with Gasteiger partial charge in [0.05, 0.1) is 36.3 Å². The summed E-state index contributed by atoms with van der Waals surface area (Å²) in [4.78, 5) is 26.8. The highest BCUT2D eigenvalue weighted by molar-refractivity contribution is 5.96. The van der Waals surface area contributed by atoms with Crippen LogP contribution >= 0.6 is 0 Å². The van der Waals surface area contributed by atoms with Gasteiger partial charge in [-0.3, -0.25) is 14.3 Å². The fourth-order valence-electron chi connectivity index (χ4n) is 4.39. The molecule has 1 N–H and O–H groups in total. The van der Waals surface area contributed by atoms with Crippen molar-refractivity contribution in [2.24, 2.45) is 0 Å². The Hall–Kier alpha value is -4.09. The van der Waals surface area contributed by atoms with Crippen LogP contribution in [0.1, 0.15) is 30.4 Å². The van der Waals surface area contributed by atoms with Crippen LogP contribution in [0.4, 0.5) is 10.1 Å². The van der Waals surface area contributed by atoms with Gasteiger partial charge in [0.2, 0.25) is 0 Å². The zero-order valence-electron chi connectivity index (χ0n) is 18.8. The second-order valence-electron chi connectivity index (χ2n) is 8.27. The summed E-state index contributed by atoms with van der Waals surface area (Å²) in [6.45, 7) is 10.3. The minimum Gasteiger partial charge on any atom is -0.494 e. The molecular weight excluding hydrogens is 433 g/mol. The number of hydrogen-bond acceptors (Lipinski definition) is 5. The van der Waals surface area contributed by atoms with Gasteiger partial charge in [0, 0.05) is 23.5 Å². The Balaban J connectivity index is 1.85. The highest BCUT2D eigenvalue weighted by Crippen LogP contribution is 2.33. The molecule has 34 heavy (non-hydrogen) atoms. The average molecular weight is 455 g/mol. The molecule has 0 bridgehead atoms. The molecule has 2 aromatic carbocycles. The number of nitrogens with one attached hydrogen (secondary N) is 1. The first-order chi connectivity index (χ1) is 16.5. The molecule has 0 saturated carbocycles. The van der Waals surface area contributed by atoms with E-state index in [0.717, 1.165) is 30.6 Å². The summed E-state index contributed by atoms with van der Waals surface area (Å²) >= 11 is 0. The van der Waals surface area contributed by atoms with E-state index in [1.54, 1.807) is 24.4 Å². The van der Waals surface area contributed by atoms with Crippen molar-refractivity contribution in [1.82, 2.24) is 19.9 Å². The first-order valence-electron chi connectivity index (χ1n) is 11.0. The van der Waals surface area contributed by atoms with Crippen molar-refractivity contribution in [2.75, 3.05) is 13.7 Å². The molecule has 0 unspecified atom stereocenters. The maximum atomic E-state index is 14.6. The Morgan fingerprint density at radius 3 is 2.74 bits per heavy atom. The van der Waals surface area contributed by atoms with Crippen LogP contribution in [0.3, 0.4) is 0 Å². The molecule has 1 aliphatic rings. The fraction of sp³-hybridized carbons (Fsp3) is 0.231. The van der Waals surface area contributed by atoms with Crippen molar-refractivity contribution in [1.29, 1.82) is 0 Å². The molecule has 8 heteroatoms. The van der Waals surface area contributed by atoms with Crippen LogP contribution in [-0.2, 0) is 0 Å². The Morgan fingerprint density at radius 2 is 2.09 bits per heavy atom. The molecule has 170 valence electrons. The van der Waals surface area contributed by atoms with E-state index in [9.17, 15) is 9.18 Å². The standard InChI is InChI=1S/C26H22FN5O2/c1-15-6-7-16(14-30-15)19-11-17(28-2)12-20-24(19)31-25(22-5-4-10-29-22)32(26(20)33)18-8-9-23(34-3)21(27)13-18/h6-9,11-14,22,29H,4-5,10H2,1,3H3/t22-/m1/s1. The average Bonchev–Trinajstić information content (AvgIpc) is 3.39. The van der Waals surface area contributed by atoms with Gasteiger partial charge in [0.15, 0.2) is 17.3 Å². The minimum atomic E-state index is -0.571. The topological polar surface area (TPSA) is 73.4 Å². The van der Waals surface area contributed by atoms with Gasteiger partial charge in [-0.05, 0) is 62.2 Å². The molecule has 0 amide bonds. The molecule has 0 spiro atoms. The second kappa shape index (κ2) is 8.69. The third-order valence-corrected chi connectivity index (χ3v) is 6.10. The third-order valence-electron chi connectivity index (χ3n) is 6.10. The van der Waals surface area contributed by atoms with Crippen LogP contribution in [0.5, 0.6) is 5.75 Å². The molecule has 1 atom stereocenters. The predicted molar refractivity (Wildman–Crippen MR) is 128 cm³/mol. The van der Waals surface area contributed by atoms with E-state index >= 15 is 0 Å². The number of fused-ring (bicyclic) bond motifs is 1. The van der Waals surface area contributed by atoms with Crippen molar-refractivity contribution in [3.05, 3.63) is 87.8 Å². The highest BCUT2D eigenvalue weighted by atomic mass is 19.1. The summed E-state index contributed by atoms with van der Waals surface area (Å²) in [5, 5.41) is 3.69. The Kier molecular flexibility index (Phi) is 5.56. The third kappa shape index (κ3) is 3.70. The molecule has 4 aromatic rings. The molecular formula is C26H22FN5O2. The number of nitrogens with zero attached hydrogens (tertiary/aromatic N) is 4. The van der Waals surface area contributed by atoms with Crippen LogP contribution in [0.25, 0.3) is 32.6 Å². The summed E-state index contributed by atoms with van der Waals surface area (Å²) in [7, 11) is 1.39. The summed E-state index contributed by atoms with van der Waals surface area (Å²) < 4.78 is 21.1. The van der Waals surface area contributed by atoms with Gasteiger partial charge in [-0.1, -0.05) is 6.07 Å². The van der Waals surface area contributed by atoms with E-state index in [1.807, 2.05) is 19.1 Å². The van der Waals surface area contributed by atoms with Crippen molar-refractivity contribution in [2.45, 2.75) is 25.8 Å². The molecule has 0 aliphatic carbocycles. The van der Waals surface area contributed by atoms with E-state index in [2.05, 4.69) is 15.1 Å². The van der Waals surface area contributed by atoms with Crippen LogP contribution in [0.15, 0.2) is 53.5 Å². The number of aromatic nitrogens is 3. The molecule has 2 aromatic heterocycles. The number of halogens is 1. The van der Waals surface area contributed by atoms with Crippen molar-refractivity contribution < 1.29 is 9.13 Å². The van der Waals surface area contributed by atoms with Crippen molar-refractivity contribution in [3.63, 3.8) is 0 Å². The molecule has 1 aliphatic heterocycles. The van der Waals surface area contributed by atoms with Crippen LogP contribution in [-0.4, -0.2) is 28.2 Å². The summed E-state index contributed by atoms with van der Waals surface area (Å²) in [6, 6.07) is 11.3. The monoisotopic (exact) mass is 455 g/mol. The maximum absolute atomic E-state index is 14.6. The SMILES string of the molecule is [C-]#[N+]c1cc(-c2ccc(C)nc2)c2nc([C@H]3CCCN3)n(-c3ccc(OC)c(F)c3)c(=O)c2c1. The molecule has 5 rings (SSSR count). The number of methoxy groups -OCH3 is 1. The second-order valence-corrected chi connectivity index (χ2v) is 8.27. The summed E-state index contributed by atoms with van der Waals surface area (Å²) in [5.41, 5.74) is 3.12. The predicted octanol–water partition coefficient (Wildman–Crippen LogP) is 4.88. The van der Waals surface area contributed by atoms with E-state index < -0.39 is 5.82 Å². The molecule has 1 fully saturated rings. The lowest BCUT2D eigenvalue weighted by atomic mass is 10.0. The maximum Gasteiger partial charge on any atom is 0.264 e. The van der Waals surface area contributed by atoms with Crippen molar-refractivity contribution >= 4 is 16.6 Å². The first kappa shape index (κ1) is 21.7. The molecule has 0 radical (unpaired) electrons. The molecule has 7 nitrogen and oxygen atoms in total. The summed E-state index contributed by atoms with van der Waals surface area (Å²) in [6.07, 6.45) is 3.47. The largest absolute Gasteiger partial charge is 0.494 e. The first-order valence-corrected chi connectivity index (χ1v) is 11.0. The molecule has 1 saturated heterocycles. The van der Waals surface area contributed by atoms with E-state index in [-0.39, 0.29) is 17.4 Å². The van der Waals surface area contributed by atoms with Gasteiger partial charge in [-0.25, -0.2) is 14.2 Å². The number of rotatable bonds is 4. The van der Waals surface area contributed by atoms with Gasteiger partial charge in [-0.2, -0.15) is 0 Å². The number of pyridine rings is 1. The van der Waals surface area contributed by atoms with E-state index in [1.165, 1.54) is 23.8 Å². The number of ether oxygens (including phenoxy) is 1. The lowest BCUT2D eigenvalue weighted by Gasteiger charge is -2.20. The van der Waals surface area contributed by atoms with Gasteiger partial charge in [0.1, 0.15) is 5.82 Å². The van der Waals surface area contributed by atoms with Crippen LogP contribution in [0.2, 0.25) is 0 Å². The van der Waals surface area contributed by atoms with E-state index in [4.69, 9.17) is 16.3 Å². The van der Waals surface area contributed by atoms with Crippen LogP contribution in [0, 0.1) is 19.3 Å². The Bertz CT molecular complexity index is 1500. The smallest absolute Gasteiger partial charge is 0.264 e. The highest BCUT2D eigenvalue weighted by Gasteiger charge is 2.25. The number of benzene rings is 2. The van der Waals surface area contributed by atoms with Gasteiger partial charge in [0.25, 0.3) is 5.56 Å². The van der Waals surface area contributed by atoms with Gasteiger partial charge in [-0.15, -0.1) is 0 Å². The lowest BCUT2D eigenvalue weighted by molar-refractivity contribution is 0.386. The normalized spacial score (nSPS) is 15.4. The molecule has 3 heterocycles. The van der Waals surface area contributed by atoms with Crippen molar-refractivity contribution in [3.8, 4) is 22.6 Å². The quantitative estimate of drug-likeness (QED) is 0.444. The number of hydrogen-bond donors (Lipinski definition) is 1. The van der Waals surface area contributed by atoms with E-state index in [0.29, 0.717) is 33.7 Å². The van der Waals surface area contributed by atoms with Crippen LogP contribution < -0.4 is 15.6 Å². The van der Waals surface area contributed by atoms with Gasteiger partial charge >= 0.3 is 0 Å². The lowest BCUT2D eigenvalue weighted by Crippen LogP contribution is -2.29. The number of aryl methyl sites for hydroxylation is 1. The Morgan fingerprint density at radius 1 is 1.24 bits per heavy atom. The Labute approximate surface area is 195 Å². The minimum absolute atomic E-state index is 0.0931. The zero-order valence-corrected chi connectivity index (χ0v) is 18.8. The summed E-state index contributed by atoms with van der Waals surface area (Å²) in [5.74, 6) is 0.0330. The fourth-order valence-corrected chi connectivity index (χ4v) is 4.39. The zero-order chi connectivity index (χ0) is 23.8.